The molecule has 0 aliphatic carbocycles. The number of halogens is 4. The molecule has 0 aromatic heterocycles. The van der Waals surface area contributed by atoms with Crippen molar-refractivity contribution in [1.82, 2.24) is 0 Å². The second kappa shape index (κ2) is 17.6. The van der Waals surface area contributed by atoms with Gasteiger partial charge in [0.2, 0.25) is 34.8 Å². The summed E-state index contributed by atoms with van der Waals surface area (Å²) in [7, 11) is 0. The van der Waals surface area contributed by atoms with Crippen molar-refractivity contribution < 1.29 is 46.1 Å². The van der Waals surface area contributed by atoms with Crippen molar-refractivity contribution >= 4 is 23.6 Å². The molecule has 0 fully saturated rings. The van der Waals surface area contributed by atoms with E-state index < -0.39 is 47.0 Å². The van der Waals surface area contributed by atoms with Crippen LogP contribution in [-0.4, -0.2) is 25.4 Å². The van der Waals surface area contributed by atoms with Crippen molar-refractivity contribution in [3.8, 4) is 23.0 Å². The summed E-state index contributed by atoms with van der Waals surface area (Å²) in [5, 5.41) is 4.99. The Morgan fingerprint density at radius 2 is 0.886 bits per heavy atom. The first-order valence-electron chi connectivity index (χ1n) is 14.5. The minimum absolute atomic E-state index is 0.156. The zero-order valence-corrected chi connectivity index (χ0v) is 24.7. The van der Waals surface area contributed by atoms with Crippen molar-refractivity contribution in [2.45, 2.75) is 65.2 Å². The van der Waals surface area contributed by atoms with Crippen molar-refractivity contribution in [2.24, 2.45) is 0 Å². The van der Waals surface area contributed by atoms with E-state index in [0.29, 0.717) is 11.4 Å². The molecule has 0 heterocycles. The van der Waals surface area contributed by atoms with Crippen LogP contribution in [0.2, 0.25) is 0 Å². The maximum Gasteiger partial charge on any atom is 0.411 e. The van der Waals surface area contributed by atoms with Gasteiger partial charge in [-0.15, -0.1) is 0 Å². The summed E-state index contributed by atoms with van der Waals surface area (Å²) in [5.74, 6) is -10.2. The minimum Gasteiger partial charge on any atom is -0.451 e. The van der Waals surface area contributed by atoms with Crippen LogP contribution in [0.3, 0.4) is 0 Å². The lowest BCUT2D eigenvalue weighted by atomic mass is 10.2. The number of amides is 2. The Labute approximate surface area is 253 Å². The number of carbonyl (C=O) groups excluding carboxylic acids is 2. The quantitative estimate of drug-likeness (QED) is 0.0940. The van der Waals surface area contributed by atoms with E-state index in [-0.39, 0.29) is 24.7 Å². The molecule has 2 N–H and O–H groups in total. The summed E-state index contributed by atoms with van der Waals surface area (Å²) < 4.78 is 79.5. The fraction of sp³-hybridized carbons (Fsp3) is 0.375. The Hall–Kier alpha value is -4.48. The molecule has 0 aliphatic heterocycles. The van der Waals surface area contributed by atoms with Gasteiger partial charge in [-0.1, -0.05) is 52.4 Å². The van der Waals surface area contributed by atoms with E-state index >= 15 is 0 Å². The van der Waals surface area contributed by atoms with E-state index in [1.54, 1.807) is 0 Å². The van der Waals surface area contributed by atoms with Gasteiger partial charge in [-0.3, -0.25) is 10.6 Å². The van der Waals surface area contributed by atoms with Crippen molar-refractivity contribution in [3.63, 3.8) is 0 Å². The molecule has 0 spiro atoms. The summed E-state index contributed by atoms with van der Waals surface area (Å²) in [4.78, 5) is 23.8. The van der Waals surface area contributed by atoms with Gasteiger partial charge in [0.1, 0.15) is 11.5 Å². The van der Waals surface area contributed by atoms with Gasteiger partial charge in [-0.25, -0.2) is 9.59 Å². The fourth-order valence-electron chi connectivity index (χ4n) is 3.91. The van der Waals surface area contributed by atoms with Gasteiger partial charge in [0.25, 0.3) is 0 Å². The van der Waals surface area contributed by atoms with Gasteiger partial charge in [0, 0.05) is 11.4 Å². The lowest BCUT2D eigenvalue weighted by Gasteiger charge is -2.14. The monoisotopic (exact) mass is 620 g/mol. The first kappa shape index (κ1) is 34.0. The maximum atomic E-state index is 14.8. The highest BCUT2D eigenvalue weighted by Gasteiger charge is 2.29. The second-order valence-electron chi connectivity index (χ2n) is 9.81. The topological polar surface area (TPSA) is 95.1 Å². The van der Waals surface area contributed by atoms with Gasteiger partial charge >= 0.3 is 12.2 Å². The van der Waals surface area contributed by atoms with Gasteiger partial charge < -0.3 is 18.9 Å². The zero-order valence-electron chi connectivity index (χ0n) is 24.7. The number of carbonyl (C=O) groups is 2. The number of nitrogens with one attached hydrogen (secondary N) is 2. The smallest absolute Gasteiger partial charge is 0.411 e. The average Bonchev–Trinajstić information content (AvgIpc) is 3.02. The number of anilines is 2. The number of benzene rings is 3. The molecule has 2 amide bonds. The van der Waals surface area contributed by atoms with E-state index in [2.05, 4.69) is 24.5 Å². The largest absolute Gasteiger partial charge is 0.451 e. The molecule has 0 bridgehead atoms. The lowest BCUT2D eigenvalue weighted by Crippen LogP contribution is -2.14. The summed E-state index contributed by atoms with van der Waals surface area (Å²) in [6.07, 6.45) is 6.22. The van der Waals surface area contributed by atoms with Crippen LogP contribution in [0.5, 0.6) is 23.0 Å². The van der Waals surface area contributed by atoms with E-state index in [1.807, 2.05) is 0 Å². The molecule has 0 radical (unpaired) electrons. The molecule has 0 aliphatic rings. The van der Waals surface area contributed by atoms with Crippen molar-refractivity contribution in [3.05, 3.63) is 71.8 Å². The Morgan fingerprint density at radius 1 is 0.545 bits per heavy atom. The molecular formula is C32H36F4N2O6. The molecule has 0 saturated heterocycles. The average molecular weight is 621 g/mol. The fourth-order valence-corrected chi connectivity index (χ4v) is 3.91. The molecule has 12 heteroatoms. The molecular weight excluding hydrogens is 584 g/mol. The van der Waals surface area contributed by atoms with E-state index in [0.717, 1.165) is 51.4 Å². The maximum absolute atomic E-state index is 14.8. The summed E-state index contributed by atoms with van der Waals surface area (Å²) >= 11 is 0. The van der Waals surface area contributed by atoms with Gasteiger partial charge in [-0.05, 0) is 61.4 Å². The van der Waals surface area contributed by atoms with Gasteiger partial charge in [0.05, 0.1) is 13.2 Å². The molecule has 3 aromatic carbocycles. The number of hydrogen-bond acceptors (Lipinski definition) is 6. The molecule has 0 saturated carbocycles. The summed E-state index contributed by atoms with van der Waals surface area (Å²) in [6, 6.07) is 10.4. The van der Waals surface area contributed by atoms with Crippen LogP contribution in [0.25, 0.3) is 0 Å². The first-order chi connectivity index (χ1) is 21.2. The highest BCUT2D eigenvalue weighted by Crippen LogP contribution is 2.39. The van der Waals surface area contributed by atoms with Crippen LogP contribution in [-0.2, 0) is 9.47 Å². The second-order valence-corrected chi connectivity index (χ2v) is 9.81. The number of ether oxygens (including phenoxy) is 4. The number of rotatable bonds is 16. The van der Waals surface area contributed by atoms with Crippen molar-refractivity contribution in [1.29, 1.82) is 0 Å². The van der Waals surface area contributed by atoms with E-state index in [4.69, 9.17) is 18.9 Å². The molecule has 0 atom stereocenters. The Bertz CT molecular complexity index is 1240. The highest BCUT2D eigenvalue weighted by molar-refractivity contribution is 5.85. The SMILES string of the molecule is CCCCCCOC(=O)Nc1ccc(Oc2c(F)c(F)c(Oc3ccc(NC(=O)OCCCCCC)cc3)c(F)c2F)cc1. The predicted octanol–water partition coefficient (Wildman–Crippen LogP) is 10.1. The van der Waals surface area contributed by atoms with Crippen LogP contribution in [0.4, 0.5) is 38.5 Å². The van der Waals surface area contributed by atoms with Crippen molar-refractivity contribution in [2.75, 3.05) is 23.8 Å². The van der Waals surface area contributed by atoms with Gasteiger partial charge in [0.15, 0.2) is 0 Å². The number of unbranched alkanes of at least 4 members (excludes halogenated alkanes) is 6. The Morgan fingerprint density at radius 3 is 1.20 bits per heavy atom. The van der Waals surface area contributed by atoms with Gasteiger partial charge in [-0.2, -0.15) is 17.6 Å². The third-order valence-electron chi connectivity index (χ3n) is 6.29. The highest BCUT2D eigenvalue weighted by atomic mass is 19.2. The zero-order chi connectivity index (χ0) is 31.9. The normalized spacial score (nSPS) is 10.7. The molecule has 3 aromatic rings. The molecule has 238 valence electrons. The van der Waals surface area contributed by atoms with Crippen LogP contribution < -0.4 is 20.1 Å². The van der Waals surface area contributed by atoms with E-state index in [9.17, 15) is 27.2 Å². The lowest BCUT2D eigenvalue weighted by molar-refractivity contribution is 0.158. The van der Waals surface area contributed by atoms with Crippen LogP contribution in [0.1, 0.15) is 65.2 Å². The third-order valence-corrected chi connectivity index (χ3v) is 6.29. The third kappa shape index (κ3) is 10.4. The first-order valence-corrected chi connectivity index (χ1v) is 14.5. The van der Waals surface area contributed by atoms with Crippen LogP contribution in [0.15, 0.2) is 48.5 Å². The molecule has 8 nitrogen and oxygen atoms in total. The minimum atomic E-state index is -1.81. The number of hydrogen-bond donors (Lipinski definition) is 2. The summed E-state index contributed by atoms with van der Waals surface area (Å²) in [5.41, 5.74) is 0.608. The van der Waals surface area contributed by atoms with Crippen LogP contribution in [0, 0.1) is 23.3 Å². The van der Waals surface area contributed by atoms with E-state index in [1.165, 1.54) is 48.5 Å². The molecule has 44 heavy (non-hydrogen) atoms. The summed E-state index contributed by atoms with van der Waals surface area (Å²) in [6.45, 7) is 4.67. The Balaban J connectivity index is 1.59. The standard InChI is InChI=1S/C32H36F4N2O6/c1-3-5-7-9-19-41-31(39)37-21-11-15-23(16-12-21)43-29-25(33)27(35)30(28(36)26(29)34)44-24-17-13-22(14-18-24)38-32(40)42-20-10-8-6-4-2/h11-18H,3-10,19-20H2,1-2H3,(H,37,39)(H,38,40). The molecule has 0 unspecified atom stereocenters. The molecule has 3 rings (SSSR count). The van der Waals surface area contributed by atoms with Crippen LogP contribution >= 0.6 is 0 Å². The predicted molar refractivity (Wildman–Crippen MR) is 158 cm³/mol. The Kier molecular flexibility index (Phi) is 13.6.